The van der Waals surface area contributed by atoms with Crippen molar-refractivity contribution in [2.45, 2.75) is 25.5 Å². The molecule has 1 aromatic heterocycles. The van der Waals surface area contributed by atoms with Crippen molar-refractivity contribution in [2.24, 2.45) is 12.8 Å². The number of primary amides is 1. The van der Waals surface area contributed by atoms with E-state index in [1.165, 1.54) is 17.7 Å². The van der Waals surface area contributed by atoms with Crippen molar-refractivity contribution in [2.75, 3.05) is 18.0 Å². The van der Waals surface area contributed by atoms with Crippen molar-refractivity contribution in [3.63, 3.8) is 0 Å². The fourth-order valence-electron chi connectivity index (χ4n) is 3.41. The molecule has 2 N–H and O–H groups in total. The van der Waals surface area contributed by atoms with Gasteiger partial charge in [-0.05, 0) is 24.5 Å². The van der Waals surface area contributed by atoms with Gasteiger partial charge in [0.2, 0.25) is 0 Å². The number of ether oxygens (including phenoxy) is 1. The molecule has 1 amide bonds. The molecule has 9 heteroatoms. The van der Waals surface area contributed by atoms with Gasteiger partial charge in [0, 0.05) is 19.7 Å². The minimum Gasteiger partial charge on any atom is -0.445 e. The Morgan fingerprint density at radius 1 is 1.36 bits per heavy atom. The van der Waals surface area contributed by atoms with E-state index in [-0.39, 0.29) is 6.54 Å². The van der Waals surface area contributed by atoms with Crippen molar-refractivity contribution in [1.82, 2.24) is 9.13 Å². The van der Waals surface area contributed by atoms with Crippen molar-refractivity contribution in [3.05, 3.63) is 62.3 Å². The van der Waals surface area contributed by atoms with Gasteiger partial charge in [-0.3, -0.25) is 13.9 Å². The Balaban J connectivity index is 2.04. The molecule has 1 aliphatic heterocycles. The van der Waals surface area contributed by atoms with Crippen LogP contribution in [-0.4, -0.2) is 34.4 Å². The minimum atomic E-state index is -0.851. The largest absolute Gasteiger partial charge is 0.445 e. The maximum absolute atomic E-state index is 12.8. The molecule has 0 spiro atoms. The van der Waals surface area contributed by atoms with Crippen LogP contribution < -0.4 is 21.9 Å². The van der Waals surface area contributed by atoms with Gasteiger partial charge in [0.1, 0.15) is 11.9 Å². The third-order valence-electron chi connectivity index (χ3n) is 4.83. The number of aromatic nitrogens is 2. The second-order valence-electron chi connectivity index (χ2n) is 6.68. The van der Waals surface area contributed by atoms with Crippen LogP contribution in [0.15, 0.2) is 39.9 Å². The number of anilines is 1. The first-order valence-electron chi connectivity index (χ1n) is 8.90. The summed E-state index contributed by atoms with van der Waals surface area (Å²) in [7, 11) is 1.41. The van der Waals surface area contributed by atoms with E-state index in [0.717, 1.165) is 11.0 Å². The molecule has 1 atom stereocenters. The molecule has 9 nitrogen and oxygen atoms in total. The average molecular weight is 383 g/mol. The highest BCUT2D eigenvalue weighted by atomic mass is 16.6. The molecule has 0 radical (unpaired) electrons. The summed E-state index contributed by atoms with van der Waals surface area (Å²) in [5.74, 6) is 0.429. The monoisotopic (exact) mass is 383 g/mol. The predicted octanol–water partition coefficient (Wildman–Crippen LogP) is 0.531. The second kappa shape index (κ2) is 8.00. The molecule has 1 fully saturated rings. The summed E-state index contributed by atoms with van der Waals surface area (Å²) < 4.78 is 7.60. The number of amides is 1. The van der Waals surface area contributed by atoms with E-state index in [2.05, 4.69) is 6.07 Å². The van der Waals surface area contributed by atoms with Crippen LogP contribution in [0.25, 0.3) is 0 Å². The van der Waals surface area contributed by atoms with Crippen molar-refractivity contribution in [1.29, 1.82) is 5.26 Å². The summed E-state index contributed by atoms with van der Waals surface area (Å²) in [5.41, 5.74) is 5.35. The number of piperidine rings is 1. The molecule has 1 aromatic carbocycles. The van der Waals surface area contributed by atoms with Gasteiger partial charge in [-0.2, -0.15) is 5.26 Å². The SMILES string of the molecule is Cn1c(=O)cc(N2CCC[C@H](OC(N)=O)C2)n(Cc2ccccc2C#N)c1=O. The van der Waals surface area contributed by atoms with Crippen LogP contribution in [0.2, 0.25) is 0 Å². The Hall–Kier alpha value is -3.54. The van der Waals surface area contributed by atoms with Gasteiger partial charge in [-0.15, -0.1) is 0 Å². The summed E-state index contributed by atoms with van der Waals surface area (Å²) in [4.78, 5) is 38.0. The molecule has 0 aliphatic carbocycles. The van der Waals surface area contributed by atoms with Crippen LogP contribution in [0.3, 0.4) is 0 Å². The number of benzene rings is 1. The van der Waals surface area contributed by atoms with Crippen molar-refractivity contribution in [3.8, 4) is 6.07 Å². The zero-order valence-electron chi connectivity index (χ0n) is 15.5. The predicted molar refractivity (Wildman–Crippen MR) is 102 cm³/mol. The van der Waals surface area contributed by atoms with Crippen molar-refractivity contribution < 1.29 is 9.53 Å². The molecule has 1 aliphatic rings. The number of hydrogen-bond acceptors (Lipinski definition) is 6. The molecule has 2 heterocycles. The zero-order valence-corrected chi connectivity index (χ0v) is 15.5. The number of hydrogen-bond donors (Lipinski definition) is 1. The van der Waals surface area contributed by atoms with Gasteiger partial charge < -0.3 is 15.4 Å². The highest BCUT2D eigenvalue weighted by molar-refractivity contribution is 5.65. The smallest absolute Gasteiger partial charge is 0.404 e. The number of carbonyl (C=O) groups excluding carboxylic acids is 1. The van der Waals surface area contributed by atoms with Gasteiger partial charge in [-0.1, -0.05) is 18.2 Å². The molecule has 28 heavy (non-hydrogen) atoms. The normalized spacial score (nSPS) is 16.4. The number of nitrogens with two attached hydrogens (primary N) is 1. The highest BCUT2D eigenvalue weighted by Crippen LogP contribution is 2.21. The van der Waals surface area contributed by atoms with Crippen LogP contribution in [0.5, 0.6) is 0 Å². The lowest BCUT2D eigenvalue weighted by molar-refractivity contribution is 0.0962. The van der Waals surface area contributed by atoms with Gasteiger partial charge in [-0.25, -0.2) is 9.59 Å². The summed E-state index contributed by atoms with van der Waals surface area (Å²) in [6.07, 6.45) is 0.114. The maximum atomic E-state index is 12.8. The minimum absolute atomic E-state index is 0.143. The molecule has 0 unspecified atom stereocenters. The van der Waals surface area contributed by atoms with Gasteiger partial charge >= 0.3 is 11.8 Å². The van der Waals surface area contributed by atoms with Gasteiger partial charge in [0.05, 0.1) is 24.7 Å². The molecule has 0 saturated carbocycles. The Morgan fingerprint density at radius 3 is 2.82 bits per heavy atom. The van der Waals surface area contributed by atoms with Crippen LogP contribution in [-0.2, 0) is 18.3 Å². The summed E-state index contributed by atoms with van der Waals surface area (Å²) in [6.45, 7) is 1.07. The topological polar surface area (TPSA) is 123 Å². The zero-order chi connectivity index (χ0) is 20.3. The maximum Gasteiger partial charge on any atom is 0.404 e. The van der Waals surface area contributed by atoms with Gasteiger partial charge in [0.15, 0.2) is 0 Å². The number of rotatable bonds is 4. The highest BCUT2D eigenvalue weighted by Gasteiger charge is 2.25. The van der Waals surface area contributed by atoms with Crippen LogP contribution in [0, 0.1) is 11.3 Å². The third-order valence-corrected chi connectivity index (χ3v) is 4.83. The molecular formula is C19H21N5O4. The molecule has 2 aromatic rings. The van der Waals surface area contributed by atoms with E-state index in [0.29, 0.717) is 36.5 Å². The quantitative estimate of drug-likeness (QED) is 0.821. The lowest BCUT2D eigenvalue weighted by atomic mass is 10.1. The Labute approximate surface area is 161 Å². The second-order valence-corrected chi connectivity index (χ2v) is 6.68. The summed E-state index contributed by atoms with van der Waals surface area (Å²) >= 11 is 0. The van der Waals surface area contributed by atoms with E-state index < -0.39 is 23.4 Å². The molecular weight excluding hydrogens is 362 g/mol. The standard InChI is InChI=1S/C19H21N5O4/c1-22-17(25)9-16(23-8-4-7-15(12-23)28-18(21)26)24(19(22)27)11-14-6-3-2-5-13(14)10-20/h2-3,5-6,9,15H,4,7-8,11-12H2,1H3,(H2,21,26)/t15-/m0/s1. The van der Waals surface area contributed by atoms with Gasteiger partial charge in [0.25, 0.3) is 5.56 Å². The van der Waals surface area contributed by atoms with Crippen LogP contribution in [0.4, 0.5) is 10.6 Å². The van der Waals surface area contributed by atoms with Crippen LogP contribution >= 0.6 is 0 Å². The molecule has 0 bridgehead atoms. The first-order chi connectivity index (χ1) is 13.4. The molecule has 1 saturated heterocycles. The Morgan fingerprint density at radius 2 is 2.11 bits per heavy atom. The Kier molecular flexibility index (Phi) is 5.49. The lowest BCUT2D eigenvalue weighted by Crippen LogP contribution is -2.46. The summed E-state index contributed by atoms with van der Waals surface area (Å²) in [6, 6.07) is 10.5. The summed E-state index contributed by atoms with van der Waals surface area (Å²) in [5, 5.41) is 9.34. The fraction of sp³-hybridized carbons (Fsp3) is 0.368. The Bertz CT molecular complexity index is 1050. The first-order valence-corrected chi connectivity index (χ1v) is 8.90. The number of nitriles is 1. The van der Waals surface area contributed by atoms with Crippen molar-refractivity contribution >= 4 is 11.9 Å². The van der Waals surface area contributed by atoms with E-state index in [1.807, 2.05) is 4.90 Å². The number of carbonyl (C=O) groups is 1. The fourth-order valence-corrected chi connectivity index (χ4v) is 3.41. The first kappa shape index (κ1) is 19.2. The van der Waals surface area contributed by atoms with Crippen LogP contribution in [0.1, 0.15) is 24.0 Å². The van der Waals surface area contributed by atoms with E-state index in [9.17, 15) is 19.6 Å². The third kappa shape index (κ3) is 3.91. The average Bonchev–Trinajstić information content (AvgIpc) is 2.68. The molecule has 3 rings (SSSR count). The molecule has 146 valence electrons. The number of nitrogens with zero attached hydrogens (tertiary/aromatic N) is 4. The lowest BCUT2D eigenvalue weighted by Gasteiger charge is -2.34. The van der Waals surface area contributed by atoms with E-state index in [1.54, 1.807) is 24.3 Å². The van der Waals surface area contributed by atoms with E-state index >= 15 is 0 Å². The van der Waals surface area contributed by atoms with E-state index in [4.69, 9.17) is 10.5 Å².